The largest absolute Gasteiger partial charge is 0.497 e. The van der Waals surface area contributed by atoms with Gasteiger partial charge in [0.2, 0.25) is 5.91 Å². The van der Waals surface area contributed by atoms with Crippen LogP contribution in [0.25, 0.3) is 0 Å². The Labute approximate surface area is 193 Å². The summed E-state index contributed by atoms with van der Waals surface area (Å²) in [7, 11) is 1.66. The highest BCUT2D eigenvalue weighted by Gasteiger charge is 2.40. The number of benzene rings is 2. The number of pyridine rings is 1. The maximum atomic E-state index is 13.3. The molecule has 1 atom stereocenters. The fourth-order valence-corrected chi connectivity index (χ4v) is 4.65. The van der Waals surface area contributed by atoms with Gasteiger partial charge in [0.05, 0.1) is 30.8 Å². The molecule has 0 aliphatic carbocycles. The van der Waals surface area contributed by atoms with Crippen molar-refractivity contribution in [3.8, 4) is 5.75 Å². The van der Waals surface area contributed by atoms with Crippen LogP contribution in [0.15, 0.2) is 72.9 Å². The van der Waals surface area contributed by atoms with Gasteiger partial charge in [-0.05, 0) is 36.4 Å². The van der Waals surface area contributed by atoms with E-state index in [-0.39, 0.29) is 18.2 Å². The fourth-order valence-electron chi connectivity index (χ4n) is 4.65. The molecule has 33 heavy (non-hydrogen) atoms. The molecule has 0 unspecified atom stereocenters. The first-order valence-electron chi connectivity index (χ1n) is 11.2. The number of piperazine rings is 1. The van der Waals surface area contributed by atoms with Crippen LogP contribution >= 0.6 is 0 Å². The minimum Gasteiger partial charge on any atom is -0.497 e. The molecule has 0 bridgehead atoms. The van der Waals surface area contributed by atoms with Gasteiger partial charge >= 0.3 is 0 Å². The lowest BCUT2D eigenvalue weighted by Crippen LogP contribution is -2.49. The van der Waals surface area contributed by atoms with Crippen LogP contribution in [-0.4, -0.2) is 55.0 Å². The summed E-state index contributed by atoms with van der Waals surface area (Å²) in [6.45, 7) is 2.77. The highest BCUT2D eigenvalue weighted by molar-refractivity contribution is 6.11. The Bertz CT molecular complexity index is 1160. The molecule has 0 spiro atoms. The number of carbonyl (C=O) groups is 2. The van der Waals surface area contributed by atoms with E-state index >= 15 is 0 Å². The summed E-state index contributed by atoms with van der Waals surface area (Å²) < 4.78 is 5.33. The molecule has 7 heteroatoms. The van der Waals surface area contributed by atoms with E-state index < -0.39 is 6.04 Å². The normalized spacial score (nSPS) is 17.8. The van der Waals surface area contributed by atoms with Crippen LogP contribution in [0.3, 0.4) is 0 Å². The molecule has 0 saturated carbocycles. The van der Waals surface area contributed by atoms with Crippen LogP contribution in [0.2, 0.25) is 0 Å². The number of nitrogens with zero attached hydrogens (tertiary/aromatic N) is 4. The van der Waals surface area contributed by atoms with E-state index in [1.807, 2.05) is 53.4 Å². The number of rotatable bonds is 5. The zero-order valence-electron chi connectivity index (χ0n) is 18.6. The number of fused-ring (bicyclic) bond motifs is 1. The van der Waals surface area contributed by atoms with Crippen LogP contribution in [0.1, 0.15) is 28.5 Å². The molecule has 2 aromatic carbocycles. The summed E-state index contributed by atoms with van der Waals surface area (Å²) in [5.74, 6) is 0.756. The molecule has 168 valence electrons. The topological polar surface area (TPSA) is 66.0 Å². The van der Waals surface area contributed by atoms with E-state index in [4.69, 9.17) is 4.74 Å². The molecule has 2 aliphatic rings. The van der Waals surface area contributed by atoms with Gasteiger partial charge in [0.25, 0.3) is 5.91 Å². The van der Waals surface area contributed by atoms with Crippen molar-refractivity contribution in [3.05, 3.63) is 84.2 Å². The third-order valence-electron chi connectivity index (χ3n) is 6.37. The zero-order valence-corrected chi connectivity index (χ0v) is 18.6. The minimum absolute atomic E-state index is 0.0394. The molecule has 2 aliphatic heterocycles. The number of ether oxygens (including phenoxy) is 1. The second-order valence-electron chi connectivity index (χ2n) is 8.24. The molecule has 3 heterocycles. The number of anilines is 2. The molecule has 1 aromatic heterocycles. The number of amides is 2. The molecular weight excluding hydrogens is 416 g/mol. The molecular formula is C26H26N4O3. The third kappa shape index (κ3) is 4.02. The molecule has 0 N–H and O–H groups in total. The Morgan fingerprint density at radius 1 is 0.970 bits per heavy atom. The molecule has 2 amide bonds. The van der Waals surface area contributed by atoms with E-state index in [1.165, 1.54) is 0 Å². The van der Waals surface area contributed by atoms with Gasteiger partial charge in [-0.2, -0.15) is 0 Å². The van der Waals surface area contributed by atoms with Crippen LogP contribution in [0, 0.1) is 0 Å². The van der Waals surface area contributed by atoms with Crippen molar-refractivity contribution in [2.75, 3.05) is 43.1 Å². The molecule has 1 fully saturated rings. The Morgan fingerprint density at radius 3 is 2.48 bits per heavy atom. The fraction of sp³-hybridized carbons (Fsp3) is 0.269. The first kappa shape index (κ1) is 21.0. The lowest BCUT2D eigenvalue weighted by Gasteiger charge is -2.37. The van der Waals surface area contributed by atoms with E-state index in [2.05, 4.69) is 16.0 Å². The van der Waals surface area contributed by atoms with Crippen molar-refractivity contribution < 1.29 is 14.3 Å². The van der Waals surface area contributed by atoms with Crippen molar-refractivity contribution in [3.63, 3.8) is 0 Å². The Balaban J connectivity index is 1.31. The molecule has 0 radical (unpaired) electrons. The monoisotopic (exact) mass is 442 g/mol. The highest BCUT2D eigenvalue weighted by atomic mass is 16.5. The van der Waals surface area contributed by atoms with Gasteiger partial charge in [0.15, 0.2) is 0 Å². The summed E-state index contributed by atoms with van der Waals surface area (Å²) in [4.78, 5) is 36.8. The standard InChI is InChI=1S/C26H26N4O3/c1-33-21-10-5-9-20(17-21)28-13-15-29(16-14-28)24(31)18-23-25-22(11-6-12-27-25)26(32)30(23)19-7-3-2-4-8-19/h2-12,17,23H,13-16,18H2,1H3/t23-/m0/s1. The number of para-hydroxylation sites is 1. The average molecular weight is 443 g/mol. The van der Waals surface area contributed by atoms with Crippen LogP contribution < -0.4 is 14.5 Å². The number of aromatic nitrogens is 1. The third-order valence-corrected chi connectivity index (χ3v) is 6.37. The van der Waals surface area contributed by atoms with Crippen LogP contribution in [0.4, 0.5) is 11.4 Å². The van der Waals surface area contributed by atoms with Crippen molar-refractivity contribution >= 4 is 23.2 Å². The Morgan fingerprint density at radius 2 is 1.73 bits per heavy atom. The van der Waals surface area contributed by atoms with Crippen molar-refractivity contribution in [2.45, 2.75) is 12.5 Å². The lowest BCUT2D eigenvalue weighted by molar-refractivity contribution is -0.131. The van der Waals surface area contributed by atoms with Gasteiger partial charge in [-0.1, -0.05) is 24.3 Å². The molecule has 5 rings (SSSR count). The number of methoxy groups -OCH3 is 1. The summed E-state index contributed by atoms with van der Waals surface area (Å²) in [6.07, 6.45) is 1.90. The van der Waals surface area contributed by atoms with Gasteiger partial charge in [-0.25, -0.2) is 0 Å². The van der Waals surface area contributed by atoms with Gasteiger partial charge < -0.3 is 14.5 Å². The van der Waals surface area contributed by atoms with E-state index in [0.29, 0.717) is 24.3 Å². The van der Waals surface area contributed by atoms with Gasteiger partial charge in [0, 0.05) is 49.8 Å². The Kier molecular flexibility index (Phi) is 5.69. The van der Waals surface area contributed by atoms with Gasteiger partial charge in [-0.15, -0.1) is 0 Å². The quantitative estimate of drug-likeness (QED) is 0.605. The van der Waals surface area contributed by atoms with E-state index in [0.717, 1.165) is 30.2 Å². The number of carbonyl (C=O) groups excluding carboxylic acids is 2. The van der Waals surface area contributed by atoms with Crippen molar-refractivity contribution in [1.29, 1.82) is 0 Å². The average Bonchev–Trinajstić information content (AvgIpc) is 3.16. The van der Waals surface area contributed by atoms with E-state index in [9.17, 15) is 9.59 Å². The van der Waals surface area contributed by atoms with Gasteiger partial charge in [-0.3, -0.25) is 19.5 Å². The zero-order chi connectivity index (χ0) is 22.8. The highest BCUT2D eigenvalue weighted by Crippen LogP contribution is 2.38. The molecule has 7 nitrogen and oxygen atoms in total. The van der Waals surface area contributed by atoms with E-state index in [1.54, 1.807) is 30.3 Å². The predicted octanol–water partition coefficient (Wildman–Crippen LogP) is 3.53. The number of hydrogen-bond donors (Lipinski definition) is 0. The van der Waals surface area contributed by atoms with Crippen molar-refractivity contribution in [2.24, 2.45) is 0 Å². The smallest absolute Gasteiger partial charge is 0.260 e. The predicted molar refractivity (Wildman–Crippen MR) is 127 cm³/mol. The first-order chi connectivity index (χ1) is 16.2. The lowest BCUT2D eigenvalue weighted by atomic mass is 10.1. The molecule has 1 saturated heterocycles. The van der Waals surface area contributed by atoms with Gasteiger partial charge in [0.1, 0.15) is 5.75 Å². The second kappa shape index (κ2) is 8.94. The van der Waals surface area contributed by atoms with Crippen LogP contribution in [0.5, 0.6) is 5.75 Å². The SMILES string of the molecule is COc1cccc(N2CCN(C(=O)C[C@H]3c4ncccc4C(=O)N3c3ccccc3)CC2)c1. The van der Waals surface area contributed by atoms with Crippen molar-refractivity contribution in [1.82, 2.24) is 9.88 Å². The minimum atomic E-state index is -0.403. The first-order valence-corrected chi connectivity index (χ1v) is 11.2. The van der Waals surface area contributed by atoms with Crippen LogP contribution in [-0.2, 0) is 4.79 Å². The summed E-state index contributed by atoms with van der Waals surface area (Å²) in [6, 6.07) is 20.6. The number of hydrogen-bond acceptors (Lipinski definition) is 5. The second-order valence-corrected chi connectivity index (χ2v) is 8.24. The Hall–Kier alpha value is -3.87. The summed E-state index contributed by atoms with van der Waals surface area (Å²) in [5, 5.41) is 0. The summed E-state index contributed by atoms with van der Waals surface area (Å²) in [5.41, 5.74) is 3.12. The maximum Gasteiger partial charge on any atom is 0.260 e. The maximum absolute atomic E-state index is 13.3. The molecule has 3 aromatic rings. The summed E-state index contributed by atoms with van der Waals surface area (Å²) >= 11 is 0.